The minimum absolute atomic E-state index is 0.0743. The van der Waals surface area contributed by atoms with Gasteiger partial charge in [-0.1, -0.05) is 24.3 Å². The van der Waals surface area contributed by atoms with Gasteiger partial charge in [0.15, 0.2) is 0 Å². The average Bonchev–Trinajstić information content (AvgIpc) is 2.60. The van der Waals surface area contributed by atoms with E-state index in [0.717, 1.165) is 18.2 Å². The van der Waals surface area contributed by atoms with Crippen LogP contribution in [0, 0.1) is 12.7 Å². The van der Waals surface area contributed by atoms with Gasteiger partial charge in [0.05, 0.1) is 11.3 Å². The van der Waals surface area contributed by atoms with Gasteiger partial charge in [0.2, 0.25) is 10.0 Å². The molecule has 2 aromatic carbocycles. The summed E-state index contributed by atoms with van der Waals surface area (Å²) in [4.78, 5) is 3.47. The standard InChI is InChI=1S/C19H14F4N2O2S/c1-11-4-5-12(9-15(11)19(21,22)23)14-3-2-8-25-18(14)13-6-7-17(16(20)10-13)28(24,26)27/h2-10H,1H3,(H2,24,26,27). The summed E-state index contributed by atoms with van der Waals surface area (Å²) in [6.45, 7) is 1.36. The smallest absolute Gasteiger partial charge is 0.256 e. The maximum atomic E-state index is 14.2. The fraction of sp³-hybridized carbons (Fsp3) is 0.105. The van der Waals surface area contributed by atoms with Crippen LogP contribution in [0.15, 0.2) is 59.6 Å². The summed E-state index contributed by atoms with van der Waals surface area (Å²) < 4.78 is 76.7. The number of hydrogen-bond acceptors (Lipinski definition) is 3. The van der Waals surface area contributed by atoms with Crippen molar-refractivity contribution in [2.45, 2.75) is 18.0 Å². The minimum Gasteiger partial charge on any atom is -0.256 e. The Labute approximate surface area is 158 Å². The second kappa shape index (κ2) is 6.99. The summed E-state index contributed by atoms with van der Waals surface area (Å²) in [7, 11) is -4.24. The third-order valence-corrected chi connectivity index (χ3v) is 5.12. The van der Waals surface area contributed by atoms with E-state index in [-0.39, 0.29) is 22.4 Å². The quantitative estimate of drug-likeness (QED) is 0.645. The molecule has 0 fully saturated rings. The lowest BCUT2D eigenvalue weighted by atomic mass is 9.96. The molecule has 0 aliphatic carbocycles. The fourth-order valence-corrected chi connectivity index (χ4v) is 3.43. The second-order valence-electron chi connectivity index (χ2n) is 6.12. The summed E-state index contributed by atoms with van der Waals surface area (Å²) in [5.74, 6) is -1.07. The Morgan fingerprint density at radius 3 is 2.29 bits per heavy atom. The number of aromatic nitrogens is 1. The largest absolute Gasteiger partial charge is 0.416 e. The number of aryl methyl sites for hydroxylation is 1. The molecule has 9 heteroatoms. The Hall–Kier alpha value is -2.78. The first-order chi connectivity index (χ1) is 13.0. The molecule has 4 nitrogen and oxygen atoms in total. The molecular weight excluding hydrogens is 396 g/mol. The highest BCUT2D eigenvalue weighted by molar-refractivity contribution is 7.89. The van der Waals surface area contributed by atoms with E-state index in [1.54, 1.807) is 12.1 Å². The second-order valence-corrected chi connectivity index (χ2v) is 7.65. The Morgan fingerprint density at radius 2 is 1.68 bits per heavy atom. The van der Waals surface area contributed by atoms with E-state index in [1.165, 1.54) is 31.3 Å². The molecule has 146 valence electrons. The Balaban J connectivity index is 2.18. The number of pyridine rings is 1. The fourth-order valence-electron chi connectivity index (χ4n) is 2.84. The van der Waals surface area contributed by atoms with Crippen molar-refractivity contribution in [1.29, 1.82) is 0 Å². The molecule has 28 heavy (non-hydrogen) atoms. The number of sulfonamides is 1. The molecule has 0 aliphatic heterocycles. The third kappa shape index (κ3) is 3.90. The van der Waals surface area contributed by atoms with Crippen molar-refractivity contribution in [3.8, 4) is 22.4 Å². The number of hydrogen-bond donors (Lipinski definition) is 1. The first-order valence-corrected chi connectivity index (χ1v) is 9.49. The lowest BCUT2D eigenvalue weighted by molar-refractivity contribution is -0.138. The number of halogens is 4. The van der Waals surface area contributed by atoms with E-state index in [1.807, 2.05) is 0 Å². The predicted molar refractivity (Wildman–Crippen MR) is 96.2 cm³/mol. The van der Waals surface area contributed by atoms with Crippen LogP contribution in [0.3, 0.4) is 0 Å². The summed E-state index contributed by atoms with van der Waals surface area (Å²) in [5.41, 5.74) is 0.294. The maximum Gasteiger partial charge on any atom is 0.416 e. The van der Waals surface area contributed by atoms with Crippen molar-refractivity contribution >= 4 is 10.0 Å². The Kier molecular flexibility index (Phi) is 4.99. The molecule has 2 N–H and O–H groups in total. The van der Waals surface area contributed by atoms with Gasteiger partial charge in [-0.2, -0.15) is 13.2 Å². The first kappa shape index (κ1) is 20.0. The maximum absolute atomic E-state index is 14.2. The molecule has 0 spiro atoms. The van der Waals surface area contributed by atoms with Gasteiger partial charge in [-0.05, 0) is 42.3 Å². The zero-order chi connectivity index (χ0) is 20.7. The van der Waals surface area contributed by atoms with Crippen molar-refractivity contribution in [1.82, 2.24) is 4.98 Å². The molecule has 0 radical (unpaired) electrons. The molecule has 0 bridgehead atoms. The first-order valence-electron chi connectivity index (χ1n) is 7.94. The van der Waals surface area contributed by atoms with E-state index in [4.69, 9.17) is 5.14 Å². The summed E-state index contributed by atoms with van der Waals surface area (Å²) in [5, 5.41) is 4.95. The molecule has 3 rings (SSSR count). The van der Waals surface area contributed by atoms with Gasteiger partial charge in [0.25, 0.3) is 0 Å². The van der Waals surface area contributed by atoms with Gasteiger partial charge in [-0.3, -0.25) is 4.98 Å². The Morgan fingerprint density at radius 1 is 1.00 bits per heavy atom. The number of primary sulfonamides is 1. The molecule has 0 atom stereocenters. The van der Waals surface area contributed by atoms with Crippen LogP contribution in [0.25, 0.3) is 22.4 Å². The molecule has 0 saturated carbocycles. The van der Waals surface area contributed by atoms with Crippen LogP contribution in [-0.4, -0.2) is 13.4 Å². The summed E-state index contributed by atoms with van der Waals surface area (Å²) in [6, 6.07) is 10.2. The molecule has 0 saturated heterocycles. The van der Waals surface area contributed by atoms with Gasteiger partial charge in [0.1, 0.15) is 10.7 Å². The molecule has 0 unspecified atom stereocenters. The van der Waals surface area contributed by atoms with Crippen LogP contribution in [0.4, 0.5) is 17.6 Å². The number of rotatable bonds is 3. The van der Waals surface area contributed by atoms with Gasteiger partial charge in [-0.25, -0.2) is 17.9 Å². The summed E-state index contributed by atoms with van der Waals surface area (Å²) in [6.07, 6.45) is -3.12. The van der Waals surface area contributed by atoms with Crippen molar-refractivity contribution in [3.63, 3.8) is 0 Å². The van der Waals surface area contributed by atoms with E-state index < -0.39 is 32.5 Å². The normalized spacial score (nSPS) is 12.2. The Bertz CT molecular complexity index is 1160. The van der Waals surface area contributed by atoms with Crippen LogP contribution >= 0.6 is 0 Å². The molecule has 0 aliphatic rings. The highest BCUT2D eigenvalue weighted by Crippen LogP contribution is 2.37. The van der Waals surface area contributed by atoms with Crippen molar-refractivity contribution in [2.75, 3.05) is 0 Å². The number of nitrogens with zero attached hydrogens (tertiary/aromatic N) is 1. The average molecular weight is 410 g/mol. The number of alkyl halides is 3. The number of benzene rings is 2. The molecular formula is C19H14F4N2O2S. The summed E-state index contributed by atoms with van der Waals surface area (Å²) >= 11 is 0. The van der Waals surface area contributed by atoms with Crippen LogP contribution in [-0.2, 0) is 16.2 Å². The van der Waals surface area contributed by atoms with Crippen LogP contribution in [0.2, 0.25) is 0 Å². The van der Waals surface area contributed by atoms with E-state index in [2.05, 4.69) is 4.98 Å². The molecule has 1 aromatic heterocycles. The van der Waals surface area contributed by atoms with E-state index >= 15 is 0 Å². The molecule has 0 amide bonds. The van der Waals surface area contributed by atoms with Crippen molar-refractivity contribution in [3.05, 3.63) is 71.7 Å². The van der Waals surface area contributed by atoms with E-state index in [9.17, 15) is 26.0 Å². The van der Waals surface area contributed by atoms with Crippen LogP contribution in [0.5, 0.6) is 0 Å². The highest BCUT2D eigenvalue weighted by Gasteiger charge is 2.32. The van der Waals surface area contributed by atoms with Crippen LogP contribution in [0.1, 0.15) is 11.1 Å². The minimum atomic E-state index is -4.52. The molecule has 3 aromatic rings. The predicted octanol–water partition coefficient (Wildman–Crippen LogP) is 4.53. The number of nitrogens with two attached hydrogens (primary N) is 1. The monoisotopic (exact) mass is 410 g/mol. The van der Waals surface area contributed by atoms with Crippen LogP contribution < -0.4 is 5.14 Å². The van der Waals surface area contributed by atoms with Gasteiger partial charge in [0, 0.05) is 17.3 Å². The molecule has 1 heterocycles. The van der Waals surface area contributed by atoms with Gasteiger partial charge < -0.3 is 0 Å². The van der Waals surface area contributed by atoms with Gasteiger partial charge in [-0.15, -0.1) is 0 Å². The topological polar surface area (TPSA) is 73.0 Å². The highest BCUT2D eigenvalue weighted by atomic mass is 32.2. The van der Waals surface area contributed by atoms with Crippen molar-refractivity contribution < 1.29 is 26.0 Å². The third-order valence-electron chi connectivity index (χ3n) is 4.17. The zero-order valence-corrected chi connectivity index (χ0v) is 15.3. The lowest BCUT2D eigenvalue weighted by Gasteiger charge is -2.14. The SMILES string of the molecule is Cc1ccc(-c2cccnc2-c2ccc(S(N)(=O)=O)c(F)c2)cc1C(F)(F)F. The van der Waals surface area contributed by atoms with Crippen molar-refractivity contribution in [2.24, 2.45) is 5.14 Å². The zero-order valence-electron chi connectivity index (χ0n) is 14.5. The van der Waals surface area contributed by atoms with Gasteiger partial charge >= 0.3 is 6.18 Å². The lowest BCUT2D eigenvalue weighted by Crippen LogP contribution is -2.14. The van der Waals surface area contributed by atoms with E-state index in [0.29, 0.717) is 5.56 Å².